The number of hydrogen-bond donors (Lipinski definition) is 1. The van der Waals surface area contributed by atoms with Gasteiger partial charge in [0.25, 0.3) is 0 Å². The molecule has 3 nitrogen and oxygen atoms in total. The Kier molecular flexibility index (Phi) is 5.43. The van der Waals surface area contributed by atoms with Crippen molar-refractivity contribution in [3.8, 4) is 0 Å². The average molecular weight is 329 g/mol. The third-order valence-electron chi connectivity index (χ3n) is 5.98. The van der Waals surface area contributed by atoms with Crippen LogP contribution in [0.15, 0.2) is 42.0 Å². The number of ether oxygens (including phenoxy) is 1. The highest BCUT2D eigenvalue weighted by molar-refractivity contribution is 5.23. The highest BCUT2D eigenvalue weighted by Crippen LogP contribution is 2.59. The van der Waals surface area contributed by atoms with Crippen LogP contribution in [0.25, 0.3) is 0 Å². The second-order valence-electron chi connectivity index (χ2n) is 8.17. The fourth-order valence-electron chi connectivity index (χ4n) is 4.33. The fourth-order valence-corrected chi connectivity index (χ4v) is 4.33. The maximum atomic E-state index is 10.2. The van der Waals surface area contributed by atoms with Gasteiger partial charge in [-0.25, -0.2) is 0 Å². The number of aliphatic hydroxyl groups is 1. The van der Waals surface area contributed by atoms with Crippen LogP contribution in [0.2, 0.25) is 0 Å². The Labute approximate surface area is 146 Å². The highest BCUT2D eigenvalue weighted by Gasteiger charge is 2.50. The van der Waals surface area contributed by atoms with E-state index in [0.29, 0.717) is 31.1 Å². The van der Waals surface area contributed by atoms with Crippen LogP contribution in [-0.4, -0.2) is 42.9 Å². The molecule has 0 aliphatic heterocycles. The number of rotatable bonds is 8. The maximum absolute atomic E-state index is 10.2. The van der Waals surface area contributed by atoms with E-state index in [-0.39, 0.29) is 0 Å². The van der Waals surface area contributed by atoms with Crippen LogP contribution in [0.3, 0.4) is 0 Å². The second kappa shape index (κ2) is 7.38. The number of aliphatic hydroxyl groups excluding tert-OH is 1. The standard InChI is InChI=1S/C21H31NO2/c1-21(2)18-10-9-17(20(21)11-18)14-24-15-19(23)13-22(3)12-16-7-5-4-6-8-16/h4-9,18-20,23H,10-15H2,1-3H3/t18-,19+,20+/m1/s1. The van der Waals surface area contributed by atoms with E-state index in [4.69, 9.17) is 4.74 Å². The Morgan fingerprint density at radius 1 is 1.29 bits per heavy atom. The number of nitrogens with zero attached hydrogens (tertiary/aromatic N) is 1. The van der Waals surface area contributed by atoms with Gasteiger partial charge in [-0.15, -0.1) is 0 Å². The molecule has 0 unspecified atom stereocenters. The predicted molar refractivity (Wildman–Crippen MR) is 97.7 cm³/mol. The maximum Gasteiger partial charge on any atom is 0.0900 e. The van der Waals surface area contributed by atoms with Crippen LogP contribution < -0.4 is 0 Å². The van der Waals surface area contributed by atoms with Crippen LogP contribution in [0.4, 0.5) is 0 Å². The summed E-state index contributed by atoms with van der Waals surface area (Å²) in [4.78, 5) is 2.14. The van der Waals surface area contributed by atoms with Crippen LogP contribution in [0, 0.1) is 17.3 Å². The highest BCUT2D eigenvalue weighted by atomic mass is 16.5. The molecule has 132 valence electrons. The van der Waals surface area contributed by atoms with Crippen LogP contribution in [0.1, 0.15) is 32.3 Å². The summed E-state index contributed by atoms with van der Waals surface area (Å²) < 4.78 is 5.83. The molecule has 0 heterocycles. The van der Waals surface area contributed by atoms with Gasteiger partial charge in [0.15, 0.2) is 0 Å². The van der Waals surface area contributed by atoms with Gasteiger partial charge in [-0.05, 0) is 48.3 Å². The van der Waals surface area contributed by atoms with Gasteiger partial charge in [0.05, 0.1) is 19.3 Å². The molecule has 3 aliphatic rings. The number of benzene rings is 1. The largest absolute Gasteiger partial charge is 0.389 e. The predicted octanol–water partition coefficient (Wildman–Crippen LogP) is 3.49. The second-order valence-corrected chi connectivity index (χ2v) is 8.17. The van der Waals surface area contributed by atoms with E-state index < -0.39 is 6.10 Å². The molecular weight excluding hydrogens is 298 g/mol. The smallest absolute Gasteiger partial charge is 0.0900 e. The molecule has 3 heteroatoms. The van der Waals surface area contributed by atoms with Gasteiger partial charge >= 0.3 is 0 Å². The molecule has 4 rings (SSSR count). The van der Waals surface area contributed by atoms with E-state index in [2.05, 4.69) is 37.0 Å². The molecule has 1 aromatic rings. The lowest BCUT2D eigenvalue weighted by Gasteiger charge is -2.56. The number of fused-ring (bicyclic) bond motifs is 1. The van der Waals surface area contributed by atoms with Gasteiger partial charge in [0.2, 0.25) is 0 Å². The lowest BCUT2D eigenvalue weighted by atomic mass is 9.49. The van der Waals surface area contributed by atoms with E-state index in [9.17, 15) is 5.11 Å². The summed E-state index contributed by atoms with van der Waals surface area (Å²) in [6.45, 7) is 7.33. The molecule has 1 saturated carbocycles. The molecule has 1 fully saturated rings. The molecule has 0 radical (unpaired) electrons. The molecule has 0 saturated heterocycles. The van der Waals surface area contributed by atoms with Crippen molar-refractivity contribution in [2.45, 2.75) is 39.3 Å². The molecule has 3 atom stereocenters. The first kappa shape index (κ1) is 17.7. The summed E-state index contributed by atoms with van der Waals surface area (Å²) in [6.07, 6.45) is 4.46. The number of allylic oxidation sites excluding steroid dienone is 1. The molecule has 24 heavy (non-hydrogen) atoms. The summed E-state index contributed by atoms with van der Waals surface area (Å²) in [5.41, 5.74) is 3.16. The molecule has 1 N–H and O–H groups in total. The Bertz CT molecular complexity index is 566. The topological polar surface area (TPSA) is 32.7 Å². The fraction of sp³-hybridized carbons (Fsp3) is 0.619. The van der Waals surface area contributed by atoms with Crippen molar-refractivity contribution in [3.05, 3.63) is 47.5 Å². The van der Waals surface area contributed by atoms with Crippen molar-refractivity contribution in [1.29, 1.82) is 0 Å². The van der Waals surface area contributed by atoms with Gasteiger partial charge in [-0.3, -0.25) is 4.90 Å². The first-order chi connectivity index (χ1) is 11.5. The first-order valence-corrected chi connectivity index (χ1v) is 9.14. The zero-order valence-corrected chi connectivity index (χ0v) is 15.2. The summed E-state index contributed by atoms with van der Waals surface area (Å²) in [5, 5.41) is 10.2. The molecule has 0 amide bonds. The molecule has 0 spiro atoms. The SMILES string of the molecule is CN(Cc1ccccc1)C[C@H](O)COCC1=CC[C@@H]2C[C@@H]1C2(C)C. The monoisotopic (exact) mass is 329 g/mol. The minimum atomic E-state index is -0.440. The normalized spacial score (nSPS) is 26.0. The van der Waals surface area contributed by atoms with E-state index in [1.165, 1.54) is 24.0 Å². The summed E-state index contributed by atoms with van der Waals surface area (Å²) in [6, 6.07) is 10.4. The number of hydrogen-bond acceptors (Lipinski definition) is 3. The Morgan fingerprint density at radius 2 is 2.04 bits per heavy atom. The van der Waals surface area contributed by atoms with Gasteiger partial charge < -0.3 is 9.84 Å². The van der Waals surface area contributed by atoms with Crippen molar-refractivity contribution >= 4 is 0 Å². The van der Waals surface area contributed by atoms with E-state index in [1.807, 2.05) is 25.2 Å². The van der Waals surface area contributed by atoms with Crippen LogP contribution in [-0.2, 0) is 11.3 Å². The quantitative estimate of drug-likeness (QED) is 0.741. The zero-order chi connectivity index (χ0) is 17.2. The summed E-state index contributed by atoms with van der Waals surface area (Å²) in [5.74, 6) is 1.55. The molecule has 1 aromatic carbocycles. The average Bonchev–Trinajstić information content (AvgIpc) is 2.55. The van der Waals surface area contributed by atoms with Gasteiger partial charge in [0, 0.05) is 13.1 Å². The lowest BCUT2D eigenvalue weighted by Crippen LogP contribution is -2.48. The van der Waals surface area contributed by atoms with Crippen molar-refractivity contribution in [1.82, 2.24) is 4.90 Å². The van der Waals surface area contributed by atoms with Crippen LogP contribution in [0.5, 0.6) is 0 Å². The van der Waals surface area contributed by atoms with Gasteiger partial charge in [-0.1, -0.05) is 50.3 Å². The Hall–Kier alpha value is -1.16. The van der Waals surface area contributed by atoms with E-state index >= 15 is 0 Å². The number of likely N-dealkylation sites (N-methyl/N-ethyl adjacent to an activating group) is 1. The molecule has 2 bridgehead atoms. The lowest BCUT2D eigenvalue weighted by molar-refractivity contribution is -0.0257. The minimum absolute atomic E-state index is 0.410. The molecular formula is C21H31NO2. The third kappa shape index (κ3) is 3.90. The third-order valence-corrected chi connectivity index (χ3v) is 5.98. The van der Waals surface area contributed by atoms with E-state index in [0.717, 1.165) is 12.5 Å². The van der Waals surface area contributed by atoms with Gasteiger partial charge in [-0.2, -0.15) is 0 Å². The first-order valence-electron chi connectivity index (χ1n) is 9.14. The minimum Gasteiger partial charge on any atom is -0.389 e. The Balaban J connectivity index is 1.37. The van der Waals surface area contributed by atoms with Crippen molar-refractivity contribution < 1.29 is 9.84 Å². The summed E-state index contributed by atoms with van der Waals surface area (Å²) >= 11 is 0. The molecule has 3 aliphatic carbocycles. The van der Waals surface area contributed by atoms with Crippen molar-refractivity contribution in [2.75, 3.05) is 26.8 Å². The Morgan fingerprint density at radius 3 is 2.71 bits per heavy atom. The van der Waals surface area contributed by atoms with Crippen LogP contribution >= 0.6 is 0 Å². The van der Waals surface area contributed by atoms with Crippen molar-refractivity contribution in [3.63, 3.8) is 0 Å². The molecule has 0 aromatic heterocycles. The summed E-state index contributed by atoms with van der Waals surface area (Å²) in [7, 11) is 2.04. The van der Waals surface area contributed by atoms with Crippen molar-refractivity contribution in [2.24, 2.45) is 17.3 Å². The zero-order valence-electron chi connectivity index (χ0n) is 15.2. The van der Waals surface area contributed by atoms with Gasteiger partial charge in [0.1, 0.15) is 0 Å². The van der Waals surface area contributed by atoms with E-state index in [1.54, 1.807) is 0 Å².